The van der Waals surface area contributed by atoms with Crippen LogP contribution in [-0.4, -0.2) is 46.5 Å². The van der Waals surface area contributed by atoms with Gasteiger partial charge in [0, 0.05) is 34.7 Å². The molecule has 0 aromatic carbocycles. The van der Waals surface area contributed by atoms with E-state index in [1.807, 2.05) is 69.2 Å². The Morgan fingerprint density at radius 1 is 0.697 bits per heavy atom. The van der Waals surface area contributed by atoms with E-state index in [2.05, 4.69) is 10.6 Å². The molecule has 0 saturated carbocycles. The molecule has 6 N–H and O–H groups in total. The lowest BCUT2D eigenvalue weighted by atomic mass is 9.76. The third-order valence-corrected chi connectivity index (χ3v) is 5.67. The first kappa shape index (κ1) is 31.2. The molecule has 0 aliphatic heterocycles. The molecule has 0 aromatic rings. The molecule has 0 heterocycles. The number of Topliss-reactive ketones (excluding diaryl/α,β-unsaturated/α-hetero) is 2. The third-order valence-electron chi connectivity index (χ3n) is 5.67. The summed E-state index contributed by atoms with van der Waals surface area (Å²) in [5, 5.41) is 6.64. The van der Waals surface area contributed by atoms with Crippen molar-refractivity contribution in [2.75, 3.05) is 0 Å². The first-order chi connectivity index (χ1) is 14.6. The number of hydrogen-bond acceptors (Lipinski definition) is 6. The molecule has 0 unspecified atom stereocenters. The summed E-state index contributed by atoms with van der Waals surface area (Å²) < 4.78 is 0. The Morgan fingerprint density at radius 3 is 1.61 bits per heavy atom. The van der Waals surface area contributed by atoms with Crippen LogP contribution in [-0.2, 0) is 19.2 Å². The summed E-state index contributed by atoms with van der Waals surface area (Å²) in [6.45, 7) is 19.1. The molecule has 0 aliphatic carbocycles. The van der Waals surface area contributed by atoms with Crippen molar-refractivity contribution >= 4 is 23.4 Å². The molecular formula is C25H48N4O4. The minimum absolute atomic E-state index is 0.0167. The molecule has 0 spiro atoms. The zero-order chi connectivity index (χ0) is 26.4. The second-order valence-corrected chi connectivity index (χ2v) is 12.6. The molecule has 192 valence electrons. The van der Waals surface area contributed by atoms with Gasteiger partial charge in [0.05, 0.1) is 12.1 Å². The molecular weight excluding hydrogens is 420 g/mol. The van der Waals surface area contributed by atoms with Crippen LogP contribution in [0.15, 0.2) is 0 Å². The molecule has 33 heavy (non-hydrogen) atoms. The van der Waals surface area contributed by atoms with Crippen LogP contribution >= 0.6 is 0 Å². The van der Waals surface area contributed by atoms with Gasteiger partial charge in [-0.15, -0.1) is 0 Å². The Hall–Kier alpha value is -1.80. The maximum Gasteiger partial charge on any atom is 0.219 e. The topological polar surface area (TPSA) is 144 Å². The summed E-state index contributed by atoms with van der Waals surface area (Å²) in [6.07, 6.45) is 1.53. The maximum absolute atomic E-state index is 13.3. The number of amides is 2. The molecule has 2 atom stereocenters. The highest BCUT2D eigenvalue weighted by molar-refractivity contribution is 5.93. The van der Waals surface area contributed by atoms with Crippen LogP contribution in [0, 0.1) is 10.8 Å². The Labute approximate surface area is 200 Å². The lowest BCUT2D eigenvalue weighted by Gasteiger charge is -2.37. The number of carbonyl (C=O) groups is 4. The van der Waals surface area contributed by atoms with Gasteiger partial charge in [0.25, 0.3) is 0 Å². The number of rotatable bonds is 14. The van der Waals surface area contributed by atoms with Gasteiger partial charge in [0.15, 0.2) is 11.6 Å². The van der Waals surface area contributed by atoms with Gasteiger partial charge in [0.2, 0.25) is 11.8 Å². The molecule has 8 nitrogen and oxygen atoms in total. The van der Waals surface area contributed by atoms with Gasteiger partial charge in [-0.1, -0.05) is 34.6 Å². The summed E-state index contributed by atoms with van der Waals surface area (Å²) in [6, 6.07) is -1.18. The van der Waals surface area contributed by atoms with Crippen molar-refractivity contribution in [1.29, 1.82) is 0 Å². The second kappa shape index (κ2) is 11.6. The van der Waals surface area contributed by atoms with E-state index < -0.39 is 40.3 Å². The zero-order valence-corrected chi connectivity index (χ0v) is 22.5. The van der Waals surface area contributed by atoms with Crippen LogP contribution in [0.5, 0.6) is 0 Å². The van der Waals surface area contributed by atoms with Crippen LogP contribution in [0.3, 0.4) is 0 Å². The van der Waals surface area contributed by atoms with E-state index in [4.69, 9.17) is 11.5 Å². The van der Waals surface area contributed by atoms with E-state index in [1.54, 1.807) is 0 Å². The molecule has 8 heteroatoms. The minimum atomic E-state index is -0.714. The van der Waals surface area contributed by atoms with Crippen molar-refractivity contribution in [2.45, 2.75) is 125 Å². The fourth-order valence-electron chi connectivity index (χ4n) is 3.77. The van der Waals surface area contributed by atoms with Gasteiger partial charge in [-0.25, -0.2) is 0 Å². The van der Waals surface area contributed by atoms with Crippen molar-refractivity contribution in [3.8, 4) is 0 Å². The standard InChI is InChI=1S/C25H48N4O4/c1-22(2,3)20(32)16(11-12-18(26)30)29-25(9,10)14-13-24(7,8)21(33)17(15-19(27)31)28-23(4,5)6/h16-17,28-29H,11-15H2,1-10H3,(H2,26,30)(H2,27,31)/t16-,17-/m0/s1. The third kappa shape index (κ3) is 12.3. The van der Waals surface area contributed by atoms with Gasteiger partial charge in [-0.2, -0.15) is 0 Å². The summed E-state index contributed by atoms with van der Waals surface area (Å²) in [4.78, 5) is 49.2. The minimum Gasteiger partial charge on any atom is -0.370 e. The van der Waals surface area contributed by atoms with E-state index in [9.17, 15) is 19.2 Å². The Bertz CT molecular complexity index is 715. The average Bonchev–Trinajstić information content (AvgIpc) is 2.59. The monoisotopic (exact) mass is 468 g/mol. The second-order valence-electron chi connectivity index (χ2n) is 12.6. The number of carbonyl (C=O) groups excluding carboxylic acids is 4. The summed E-state index contributed by atoms with van der Waals surface area (Å²) in [5.74, 6) is -1.02. The molecule has 0 radical (unpaired) electrons. The molecule has 0 bridgehead atoms. The molecule has 0 rings (SSSR count). The van der Waals surface area contributed by atoms with Crippen LogP contribution in [0.2, 0.25) is 0 Å². The zero-order valence-electron chi connectivity index (χ0n) is 22.5. The van der Waals surface area contributed by atoms with Gasteiger partial charge in [0.1, 0.15) is 0 Å². The molecule has 0 fully saturated rings. The van der Waals surface area contributed by atoms with E-state index in [0.29, 0.717) is 19.3 Å². The van der Waals surface area contributed by atoms with Crippen molar-refractivity contribution < 1.29 is 19.2 Å². The predicted molar refractivity (Wildman–Crippen MR) is 132 cm³/mol. The first-order valence-electron chi connectivity index (χ1n) is 11.8. The van der Waals surface area contributed by atoms with E-state index in [1.165, 1.54) is 0 Å². The van der Waals surface area contributed by atoms with Crippen molar-refractivity contribution in [1.82, 2.24) is 10.6 Å². The predicted octanol–water partition coefficient (Wildman–Crippen LogP) is 2.61. The highest BCUT2D eigenvalue weighted by Gasteiger charge is 2.38. The quantitative estimate of drug-likeness (QED) is 0.308. The summed E-state index contributed by atoms with van der Waals surface area (Å²) in [5.41, 5.74) is 8.60. The maximum atomic E-state index is 13.3. The van der Waals surface area contributed by atoms with Crippen molar-refractivity contribution in [2.24, 2.45) is 22.3 Å². The highest BCUT2D eigenvalue weighted by Crippen LogP contribution is 2.31. The largest absolute Gasteiger partial charge is 0.370 e. The van der Waals surface area contributed by atoms with Crippen LogP contribution < -0.4 is 22.1 Å². The first-order valence-corrected chi connectivity index (χ1v) is 11.8. The summed E-state index contributed by atoms with van der Waals surface area (Å²) in [7, 11) is 0. The Kier molecular flexibility index (Phi) is 10.9. The fraction of sp³-hybridized carbons (Fsp3) is 0.840. The van der Waals surface area contributed by atoms with Crippen LogP contribution in [0.1, 0.15) is 101 Å². The molecule has 0 aromatic heterocycles. The lowest BCUT2D eigenvalue weighted by molar-refractivity contribution is -0.133. The van der Waals surface area contributed by atoms with E-state index in [-0.39, 0.29) is 29.9 Å². The van der Waals surface area contributed by atoms with E-state index in [0.717, 1.165) is 0 Å². The number of nitrogens with two attached hydrogens (primary N) is 2. The number of nitrogens with one attached hydrogen (secondary N) is 2. The van der Waals surface area contributed by atoms with Gasteiger partial charge in [-0.05, 0) is 53.9 Å². The fourth-order valence-corrected chi connectivity index (χ4v) is 3.77. The SMILES string of the molecule is CC(C)(C)N[C@@H](CC(N)=O)C(=O)C(C)(C)CCC(C)(C)N[C@@H](CCC(N)=O)C(=O)C(C)(C)C. The van der Waals surface area contributed by atoms with Crippen molar-refractivity contribution in [3.63, 3.8) is 0 Å². The van der Waals surface area contributed by atoms with Crippen molar-refractivity contribution in [3.05, 3.63) is 0 Å². The van der Waals surface area contributed by atoms with E-state index >= 15 is 0 Å². The van der Waals surface area contributed by atoms with Gasteiger partial charge in [-0.3, -0.25) is 19.2 Å². The Morgan fingerprint density at radius 2 is 1.21 bits per heavy atom. The smallest absolute Gasteiger partial charge is 0.219 e. The molecule has 2 amide bonds. The molecule has 0 saturated heterocycles. The average molecular weight is 469 g/mol. The number of primary amides is 2. The number of ketones is 2. The highest BCUT2D eigenvalue weighted by atomic mass is 16.2. The lowest BCUT2D eigenvalue weighted by Crippen LogP contribution is -2.54. The normalized spacial score (nSPS) is 15.1. The van der Waals surface area contributed by atoms with Gasteiger partial charge >= 0.3 is 0 Å². The molecule has 0 aliphatic rings. The van der Waals surface area contributed by atoms with Crippen LogP contribution in [0.4, 0.5) is 0 Å². The summed E-state index contributed by atoms with van der Waals surface area (Å²) >= 11 is 0. The number of hydrogen-bond donors (Lipinski definition) is 4. The Balaban J connectivity index is 5.47. The van der Waals surface area contributed by atoms with Crippen LogP contribution in [0.25, 0.3) is 0 Å². The van der Waals surface area contributed by atoms with Gasteiger partial charge < -0.3 is 22.1 Å².